The van der Waals surface area contributed by atoms with Crippen molar-refractivity contribution in [1.82, 2.24) is 0 Å². The molecule has 132 valence electrons. The Bertz CT molecular complexity index is 272. The maximum absolute atomic E-state index is 11.5. The molecule has 1 unspecified atom stereocenters. The minimum Gasteiger partial charge on any atom is -0.374 e. The van der Waals surface area contributed by atoms with Gasteiger partial charge in [-0.05, 0) is 26.7 Å². The lowest BCUT2D eigenvalue weighted by atomic mass is 10.00. The van der Waals surface area contributed by atoms with Gasteiger partial charge in [-0.3, -0.25) is 4.79 Å². The molecule has 0 saturated heterocycles. The summed E-state index contributed by atoms with van der Waals surface area (Å²) in [6, 6.07) is 0.709. The molecule has 6 heteroatoms. The summed E-state index contributed by atoms with van der Waals surface area (Å²) in [5, 5.41) is -0.0621. The van der Waals surface area contributed by atoms with E-state index >= 15 is 0 Å². The zero-order valence-corrected chi connectivity index (χ0v) is 16.6. The van der Waals surface area contributed by atoms with Gasteiger partial charge in [0.2, 0.25) is 0 Å². The van der Waals surface area contributed by atoms with Gasteiger partial charge in [0.1, 0.15) is 0 Å². The summed E-state index contributed by atoms with van der Waals surface area (Å²) in [4.78, 5) is 11.5. The number of carbonyl (C=O) groups excluding carboxylic acids is 1. The van der Waals surface area contributed by atoms with E-state index in [9.17, 15) is 4.79 Å². The van der Waals surface area contributed by atoms with Gasteiger partial charge < -0.3 is 13.3 Å². The van der Waals surface area contributed by atoms with E-state index in [1.54, 1.807) is 0 Å². The summed E-state index contributed by atoms with van der Waals surface area (Å²) in [6.45, 7) is 9.79. The van der Waals surface area contributed by atoms with Crippen LogP contribution in [0.25, 0.3) is 0 Å². The number of hydrogen-bond acceptors (Lipinski definition) is 4. The molecule has 0 aliphatic rings. The van der Waals surface area contributed by atoms with Crippen LogP contribution in [-0.2, 0) is 18.1 Å². The molecule has 4 nitrogen and oxygen atoms in total. The van der Waals surface area contributed by atoms with Crippen molar-refractivity contribution in [2.75, 3.05) is 19.8 Å². The molecule has 0 bridgehead atoms. The van der Waals surface area contributed by atoms with E-state index in [1.165, 1.54) is 19.3 Å². The molecule has 0 aromatic rings. The highest BCUT2D eigenvalue weighted by atomic mass is 32.1. The van der Waals surface area contributed by atoms with Crippen molar-refractivity contribution in [3.05, 3.63) is 0 Å². The Labute approximate surface area is 143 Å². The second-order valence-electron chi connectivity index (χ2n) is 5.50. The lowest BCUT2D eigenvalue weighted by molar-refractivity contribution is -0.111. The highest BCUT2D eigenvalue weighted by Crippen LogP contribution is 2.28. The van der Waals surface area contributed by atoms with Crippen molar-refractivity contribution in [2.24, 2.45) is 5.92 Å². The van der Waals surface area contributed by atoms with Gasteiger partial charge in [-0.15, -0.1) is 12.6 Å². The topological polar surface area (TPSA) is 44.8 Å². The second kappa shape index (κ2) is 13.5. The molecule has 0 rings (SSSR count). The lowest BCUT2D eigenvalue weighted by Crippen LogP contribution is -2.47. The number of rotatable bonds is 15. The van der Waals surface area contributed by atoms with Gasteiger partial charge in [0.25, 0.3) is 0 Å². The molecule has 22 heavy (non-hydrogen) atoms. The summed E-state index contributed by atoms with van der Waals surface area (Å²) in [6.07, 6.45) is 6.28. The summed E-state index contributed by atoms with van der Waals surface area (Å²) in [7, 11) is -2.68. The van der Waals surface area contributed by atoms with Gasteiger partial charge in [-0.25, -0.2) is 0 Å². The first-order valence-electron chi connectivity index (χ1n) is 8.67. The number of carbonyl (C=O) groups is 1. The van der Waals surface area contributed by atoms with E-state index in [0.29, 0.717) is 32.3 Å². The molecule has 0 amide bonds. The molecule has 0 N–H and O–H groups in total. The highest BCUT2D eigenvalue weighted by Gasteiger charge is 2.42. The van der Waals surface area contributed by atoms with Crippen molar-refractivity contribution >= 4 is 26.5 Å². The van der Waals surface area contributed by atoms with E-state index in [0.717, 1.165) is 12.8 Å². The Morgan fingerprint density at radius 3 is 1.91 bits per heavy atom. The van der Waals surface area contributed by atoms with Crippen molar-refractivity contribution in [3.63, 3.8) is 0 Å². The van der Waals surface area contributed by atoms with Crippen LogP contribution in [0.5, 0.6) is 0 Å². The smallest absolute Gasteiger partial charge is 0.374 e. The van der Waals surface area contributed by atoms with Gasteiger partial charge in [0, 0.05) is 32.3 Å². The predicted molar refractivity (Wildman–Crippen MR) is 96.3 cm³/mol. The molecule has 0 spiro atoms. The fourth-order valence-corrected chi connectivity index (χ4v) is 5.93. The normalized spacial score (nSPS) is 13.3. The number of thiol groups is 1. The first-order valence-corrected chi connectivity index (χ1v) is 11.0. The first-order chi connectivity index (χ1) is 10.5. The molecular formula is C16H34O4SSi. The second-order valence-corrected chi connectivity index (χ2v) is 8.64. The summed E-state index contributed by atoms with van der Waals surface area (Å²) >= 11 is 3.96. The largest absolute Gasteiger partial charge is 0.501 e. The molecular weight excluding hydrogens is 316 g/mol. The van der Waals surface area contributed by atoms with Gasteiger partial charge in [0.05, 0.1) is 0 Å². The highest BCUT2D eigenvalue weighted by molar-refractivity contribution is 7.96. The van der Waals surface area contributed by atoms with Crippen molar-refractivity contribution < 1.29 is 18.1 Å². The Hall–Kier alpha value is 0.117. The third-order valence-electron chi connectivity index (χ3n) is 3.56. The van der Waals surface area contributed by atoms with Crippen LogP contribution in [0.1, 0.15) is 66.2 Å². The van der Waals surface area contributed by atoms with Crippen LogP contribution in [0.3, 0.4) is 0 Å². The molecule has 0 radical (unpaired) electrons. The van der Waals surface area contributed by atoms with Crippen LogP contribution in [-0.4, -0.2) is 33.7 Å². The van der Waals surface area contributed by atoms with Crippen molar-refractivity contribution in [3.8, 4) is 0 Å². The van der Waals surface area contributed by atoms with Crippen LogP contribution in [0, 0.1) is 5.92 Å². The minimum absolute atomic E-state index is 0.0621. The Balaban J connectivity index is 4.78. The zero-order chi connectivity index (χ0) is 16.8. The lowest BCUT2D eigenvalue weighted by Gasteiger charge is -2.31. The van der Waals surface area contributed by atoms with Crippen LogP contribution in [0.15, 0.2) is 0 Å². The molecule has 0 heterocycles. The summed E-state index contributed by atoms with van der Waals surface area (Å²) < 4.78 is 17.7. The zero-order valence-electron chi connectivity index (χ0n) is 14.7. The average molecular weight is 351 g/mol. The van der Waals surface area contributed by atoms with Crippen LogP contribution < -0.4 is 0 Å². The Morgan fingerprint density at radius 1 is 0.955 bits per heavy atom. The monoisotopic (exact) mass is 350 g/mol. The van der Waals surface area contributed by atoms with Crippen LogP contribution in [0.4, 0.5) is 0 Å². The Morgan fingerprint density at radius 2 is 1.50 bits per heavy atom. The van der Waals surface area contributed by atoms with Gasteiger partial charge in [-0.2, -0.15) is 0 Å². The van der Waals surface area contributed by atoms with Gasteiger partial charge in [-0.1, -0.05) is 39.0 Å². The Kier molecular flexibility index (Phi) is 13.6. The molecule has 0 aliphatic carbocycles. The summed E-state index contributed by atoms with van der Waals surface area (Å²) in [5.74, 6) is 0.234. The maximum Gasteiger partial charge on any atom is 0.501 e. The molecule has 0 fully saturated rings. The first kappa shape index (κ1) is 22.1. The maximum atomic E-state index is 11.5. The molecule has 1 atom stereocenters. The van der Waals surface area contributed by atoms with E-state index in [-0.39, 0.29) is 11.0 Å². The number of unbranched alkanes of at least 4 members (excludes halogenated alkanes) is 3. The van der Waals surface area contributed by atoms with E-state index < -0.39 is 8.80 Å². The molecule has 0 aromatic carbocycles. The molecule has 0 aromatic heterocycles. The number of hydrogen-bond donors (Lipinski definition) is 1. The molecule has 0 saturated carbocycles. The predicted octanol–water partition coefficient (Wildman–Crippen LogP) is 4.47. The van der Waals surface area contributed by atoms with Crippen LogP contribution in [0.2, 0.25) is 6.04 Å². The third-order valence-corrected chi connectivity index (χ3v) is 7.01. The average Bonchev–Trinajstić information content (AvgIpc) is 2.43. The van der Waals surface area contributed by atoms with Crippen molar-refractivity contribution in [1.29, 1.82) is 0 Å². The van der Waals surface area contributed by atoms with Gasteiger partial charge in [0.15, 0.2) is 5.12 Å². The van der Waals surface area contributed by atoms with Gasteiger partial charge >= 0.3 is 8.80 Å². The van der Waals surface area contributed by atoms with E-state index in [1.807, 2.05) is 20.8 Å². The SMILES string of the molecule is CCCCCCC(CC(=O)S)C[Si](OCC)(OCC)OCC. The van der Waals surface area contributed by atoms with E-state index in [2.05, 4.69) is 19.6 Å². The molecule has 0 aliphatic heterocycles. The third kappa shape index (κ3) is 10.00. The van der Waals surface area contributed by atoms with Crippen LogP contribution >= 0.6 is 12.6 Å². The quantitative estimate of drug-likeness (QED) is 0.269. The standard InChI is InChI=1S/C16H34O4SSi/c1-5-9-10-11-12-15(13-16(17)21)14-22(18-6-2,19-7-3)20-8-4/h15H,5-14H2,1-4H3,(H,17,21). The fraction of sp³-hybridized carbons (Fsp3) is 0.938. The fourth-order valence-electron chi connectivity index (χ4n) is 2.70. The van der Waals surface area contributed by atoms with Crippen molar-refractivity contribution in [2.45, 2.75) is 72.3 Å². The van der Waals surface area contributed by atoms with E-state index in [4.69, 9.17) is 13.3 Å². The minimum atomic E-state index is -2.68. The summed E-state index contributed by atoms with van der Waals surface area (Å²) in [5.41, 5.74) is 0.